The van der Waals surface area contributed by atoms with Crippen LogP contribution in [0.25, 0.3) is 5.57 Å². The summed E-state index contributed by atoms with van der Waals surface area (Å²) >= 11 is 6.15. The molecule has 2 atom stereocenters. The van der Waals surface area contributed by atoms with E-state index in [1.165, 1.54) is 6.20 Å². The van der Waals surface area contributed by atoms with Crippen LogP contribution in [-0.4, -0.2) is 21.9 Å². The number of amides is 1. The van der Waals surface area contributed by atoms with Crippen molar-refractivity contribution in [1.82, 2.24) is 15.5 Å². The van der Waals surface area contributed by atoms with Gasteiger partial charge in [0.2, 0.25) is 5.91 Å². The molecule has 3 rings (SSSR count). The van der Waals surface area contributed by atoms with Gasteiger partial charge in [0, 0.05) is 6.20 Å². The minimum absolute atomic E-state index is 0.149. The number of hydrogen-bond donors (Lipinski definition) is 1. The van der Waals surface area contributed by atoms with Crippen LogP contribution in [-0.2, 0) is 9.59 Å². The zero-order valence-electron chi connectivity index (χ0n) is 11.9. The van der Waals surface area contributed by atoms with Crippen molar-refractivity contribution in [3.05, 3.63) is 28.7 Å². The molecule has 110 valence electrons. The van der Waals surface area contributed by atoms with Crippen molar-refractivity contribution in [1.29, 1.82) is 0 Å². The highest BCUT2D eigenvalue weighted by Crippen LogP contribution is 2.53. The molecule has 0 aromatic carbocycles. The first kappa shape index (κ1) is 14.2. The van der Waals surface area contributed by atoms with E-state index >= 15 is 0 Å². The van der Waals surface area contributed by atoms with Gasteiger partial charge in [0.05, 0.1) is 17.7 Å². The predicted octanol–water partition coefficient (Wildman–Crippen LogP) is 2.32. The maximum absolute atomic E-state index is 11.9. The molecule has 1 aliphatic heterocycles. The second kappa shape index (κ2) is 5.22. The third kappa shape index (κ3) is 2.70. The van der Waals surface area contributed by atoms with Gasteiger partial charge >= 0.3 is 0 Å². The Hall–Kier alpha value is -1.75. The van der Waals surface area contributed by atoms with Crippen molar-refractivity contribution in [3.8, 4) is 0 Å². The normalized spacial score (nSPS) is 24.9. The number of halogens is 1. The van der Waals surface area contributed by atoms with Crippen LogP contribution < -0.4 is 5.32 Å². The van der Waals surface area contributed by atoms with Crippen molar-refractivity contribution in [3.63, 3.8) is 0 Å². The Balaban J connectivity index is 1.92. The first-order valence-electron chi connectivity index (χ1n) is 7.03. The van der Waals surface area contributed by atoms with Crippen molar-refractivity contribution >= 4 is 28.9 Å². The molecule has 0 unspecified atom stereocenters. The average molecular weight is 306 g/mol. The van der Waals surface area contributed by atoms with E-state index in [9.17, 15) is 9.59 Å². The Kier molecular flexibility index (Phi) is 3.53. The lowest BCUT2D eigenvalue weighted by Crippen LogP contribution is -2.27. The molecule has 1 N–H and O–H groups in total. The number of allylic oxidation sites excluding steroid dienone is 1. The van der Waals surface area contributed by atoms with Gasteiger partial charge in [0.25, 0.3) is 0 Å². The molecule has 1 fully saturated rings. The van der Waals surface area contributed by atoms with E-state index in [1.54, 1.807) is 0 Å². The summed E-state index contributed by atoms with van der Waals surface area (Å²) in [4.78, 5) is 23.1. The Morgan fingerprint density at radius 1 is 1.33 bits per heavy atom. The number of nitrogens with one attached hydrogen (secondary N) is 1. The molecule has 1 saturated carbocycles. The van der Waals surface area contributed by atoms with Crippen LogP contribution in [0.3, 0.4) is 0 Å². The maximum atomic E-state index is 11.9. The Bertz CT molecular complexity index is 654. The predicted molar refractivity (Wildman–Crippen MR) is 78.5 cm³/mol. The molecular weight excluding hydrogens is 290 g/mol. The summed E-state index contributed by atoms with van der Waals surface area (Å²) in [6.07, 6.45) is 2.35. The second-order valence-corrected chi connectivity index (χ2v) is 6.31. The number of rotatable bonds is 3. The lowest BCUT2D eigenvalue weighted by atomic mass is 9.99. The van der Waals surface area contributed by atoms with Gasteiger partial charge in [-0.2, -0.15) is 0 Å². The summed E-state index contributed by atoms with van der Waals surface area (Å²) in [6.45, 7) is 4.38. The topological polar surface area (TPSA) is 72.0 Å². The minimum atomic E-state index is -0.298. The van der Waals surface area contributed by atoms with Crippen molar-refractivity contribution < 1.29 is 9.59 Å². The number of carbonyl (C=O) groups is 2. The standard InChI is InChI=1S/C15H16ClN3O2/c1-7(2)8-3-9(8)10-4-12(18-19-15(10)16)11-6-17-14(21)5-13(11)20/h4,6-9H,3,5H2,1-2H3,(H,17,21)/t8-,9+/m1/s1. The molecule has 0 bridgehead atoms. The van der Waals surface area contributed by atoms with Crippen LogP contribution in [0.4, 0.5) is 0 Å². The molecule has 0 saturated heterocycles. The Labute approximate surface area is 127 Å². The van der Waals surface area contributed by atoms with Gasteiger partial charge in [0.1, 0.15) is 0 Å². The summed E-state index contributed by atoms with van der Waals surface area (Å²) in [5.41, 5.74) is 1.82. The van der Waals surface area contributed by atoms with Crippen LogP contribution >= 0.6 is 11.6 Å². The highest BCUT2D eigenvalue weighted by Gasteiger charge is 2.42. The van der Waals surface area contributed by atoms with Gasteiger partial charge in [-0.05, 0) is 35.8 Å². The third-order valence-corrected chi connectivity index (χ3v) is 4.44. The van der Waals surface area contributed by atoms with E-state index in [1.807, 2.05) is 6.07 Å². The monoisotopic (exact) mass is 305 g/mol. The number of carbonyl (C=O) groups excluding carboxylic acids is 2. The van der Waals surface area contributed by atoms with Crippen LogP contribution in [0.15, 0.2) is 12.3 Å². The molecule has 6 heteroatoms. The summed E-state index contributed by atoms with van der Waals surface area (Å²) in [5, 5.41) is 10.9. The van der Waals surface area contributed by atoms with E-state index in [0.717, 1.165) is 12.0 Å². The van der Waals surface area contributed by atoms with E-state index < -0.39 is 0 Å². The smallest absolute Gasteiger partial charge is 0.231 e. The van der Waals surface area contributed by atoms with Gasteiger partial charge in [0.15, 0.2) is 10.9 Å². The van der Waals surface area contributed by atoms with Gasteiger partial charge in [-0.15, -0.1) is 10.2 Å². The number of hydrogen-bond acceptors (Lipinski definition) is 4. The van der Waals surface area contributed by atoms with Crippen LogP contribution in [0.2, 0.25) is 5.15 Å². The van der Waals surface area contributed by atoms with E-state index in [4.69, 9.17) is 11.6 Å². The minimum Gasteiger partial charge on any atom is -0.331 e. The summed E-state index contributed by atoms with van der Waals surface area (Å²) in [7, 11) is 0. The number of nitrogens with zero attached hydrogens (tertiary/aromatic N) is 2. The molecule has 0 radical (unpaired) electrons. The molecule has 2 aliphatic rings. The molecule has 1 amide bonds. The van der Waals surface area contributed by atoms with Crippen molar-refractivity contribution in [2.45, 2.75) is 32.6 Å². The van der Waals surface area contributed by atoms with E-state index in [0.29, 0.717) is 34.2 Å². The van der Waals surface area contributed by atoms with Crippen LogP contribution in [0, 0.1) is 11.8 Å². The lowest BCUT2D eigenvalue weighted by Gasteiger charge is -2.13. The highest BCUT2D eigenvalue weighted by molar-refractivity contribution is 6.30. The maximum Gasteiger partial charge on any atom is 0.231 e. The first-order valence-corrected chi connectivity index (χ1v) is 7.41. The van der Waals surface area contributed by atoms with Gasteiger partial charge in [-0.3, -0.25) is 9.59 Å². The van der Waals surface area contributed by atoms with Crippen LogP contribution in [0.5, 0.6) is 0 Å². The van der Waals surface area contributed by atoms with Crippen LogP contribution in [0.1, 0.15) is 43.9 Å². The lowest BCUT2D eigenvalue weighted by molar-refractivity contribution is -0.125. The fourth-order valence-corrected chi connectivity index (χ4v) is 3.07. The molecule has 0 spiro atoms. The molecule has 1 aliphatic carbocycles. The number of ketones is 1. The van der Waals surface area contributed by atoms with E-state index in [2.05, 4.69) is 29.4 Å². The Morgan fingerprint density at radius 3 is 2.71 bits per heavy atom. The second-order valence-electron chi connectivity index (χ2n) is 5.95. The fourth-order valence-electron chi connectivity index (χ4n) is 2.83. The average Bonchev–Trinajstić information content (AvgIpc) is 3.20. The van der Waals surface area contributed by atoms with Gasteiger partial charge in [-0.1, -0.05) is 25.4 Å². The molecular formula is C15H16ClN3O2. The zero-order chi connectivity index (χ0) is 15.1. The van der Waals surface area contributed by atoms with Gasteiger partial charge in [-0.25, -0.2) is 0 Å². The van der Waals surface area contributed by atoms with Gasteiger partial charge < -0.3 is 5.32 Å². The molecule has 1 aromatic heterocycles. The summed E-state index contributed by atoms with van der Waals surface area (Å²) in [5.74, 6) is 1.05. The zero-order valence-corrected chi connectivity index (χ0v) is 12.6. The van der Waals surface area contributed by atoms with Crippen molar-refractivity contribution in [2.24, 2.45) is 11.8 Å². The summed E-state index contributed by atoms with van der Waals surface area (Å²) in [6, 6.07) is 1.84. The number of aromatic nitrogens is 2. The third-order valence-electron chi connectivity index (χ3n) is 4.15. The number of Topliss-reactive ketones (excluding diaryl/α,β-unsaturated/α-hetero) is 1. The molecule has 5 nitrogen and oxygen atoms in total. The largest absolute Gasteiger partial charge is 0.331 e. The first-order chi connectivity index (χ1) is 9.97. The quantitative estimate of drug-likeness (QED) is 0.870. The highest BCUT2D eigenvalue weighted by atomic mass is 35.5. The SMILES string of the molecule is CC(C)[C@H]1C[C@@H]1c1cc(C2=CNC(=O)CC2=O)nnc1Cl. The van der Waals surface area contributed by atoms with E-state index in [-0.39, 0.29) is 18.1 Å². The Morgan fingerprint density at radius 2 is 2.10 bits per heavy atom. The molecule has 21 heavy (non-hydrogen) atoms. The summed E-state index contributed by atoms with van der Waals surface area (Å²) < 4.78 is 0. The fraction of sp³-hybridized carbons (Fsp3) is 0.467. The van der Waals surface area contributed by atoms with Crippen molar-refractivity contribution in [2.75, 3.05) is 0 Å². The molecule has 2 heterocycles. The molecule has 1 aromatic rings.